The normalized spacial score (nSPS) is 10.7. The van der Waals surface area contributed by atoms with Gasteiger partial charge in [0, 0.05) is 29.8 Å². The zero-order chi connectivity index (χ0) is 19.5. The minimum Gasteiger partial charge on any atom is -0.436 e. The highest BCUT2D eigenvalue weighted by atomic mass is 16.6. The van der Waals surface area contributed by atoms with E-state index in [-0.39, 0.29) is 11.6 Å². The molecule has 0 bridgehead atoms. The molecule has 0 saturated heterocycles. The molecule has 0 aliphatic rings. The zero-order valence-electron chi connectivity index (χ0n) is 14.7. The van der Waals surface area contributed by atoms with Crippen molar-refractivity contribution in [3.8, 4) is 11.5 Å². The van der Waals surface area contributed by atoms with E-state index >= 15 is 0 Å². The van der Waals surface area contributed by atoms with Gasteiger partial charge in [0.2, 0.25) is 5.89 Å². The van der Waals surface area contributed by atoms with E-state index in [2.05, 4.69) is 10.3 Å². The predicted octanol–water partition coefficient (Wildman–Crippen LogP) is 4.33. The van der Waals surface area contributed by atoms with Crippen molar-refractivity contribution in [1.82, 2.24) is 10.3 Å². The van der Waals surface area contributed by atoms with E-state index in [1.807, 2.05) is 48.5 Å². The molecule has 0 radical (unpaired) electrons. The Morgan fingerprint density at radius 1 is 1.00 bits per heavy atom. The van der Waals surface area contributed by atoms with Gasteiger partial charge in [0.25, 0.3) is 11.6 Å². The number of nitro benzene ring substituents is 1. The maximum Gasteiger partial charge on any atom is 0.269 e. The monoisotopic (exact) mass is 373 g/mol. The second-order valence-electron chi connectivity index (χ2n) is 6.17. The van der Waals surface area contributed by atoms with Gasteiger partial charge in [-0.25, -0.2) is 4.98 Å². The molecule has 28 heavy (non-hydrogen) atoms. The number of benzene rings is 3. The average molecular weight is 373 g/mol. The molecule has 0 aliphatic carbocycles. The first kappa shape index (κ1) is 17.4. The van der Waals surface area contributed by atoms with Crippen molar-refractivity contribution in [3.63, 3.8) is 0 Å². The molecule has 7 heteroatoms. The molecule has 0 spiro atoms. The van der Waals surface area contributed by atoms with Crippen LogP contribution in [0, 0.1) is 10.1 Å². The van der Waals surface area contributed by atoms with Crippen LogP contribution in [0.5, 0.6) is 0 Å². The lowest BCUT2D eigenvalue weighted by molar-refractivity contribution is -0.384. The van der Waals surface area contributed by atoms with Crippen molar-refractivity contribution in [2.75, 3.05) is 0 Å². The van der Waals surface area contributed by atoms with E-state index in [1.165, 1.54) is 24.3 Å². The summed E-state index contributed by atoms with van der Waals surface area (Å²) in [5.74, 6) is 0.251. The summed E-state index contributed by atoms with van der Waals surface area (Å²) in [6, 6.07) is 20.6. The van der Waals surface area contributed by atoms with Crippen LogP contribution in [-0.4, -0.2) is 15.8 Å². The van der Waals surface area contributed by atoms with Crippen LogP contribution in [0.3, 0.4) is 0 Å². The molecular formula is C21H15N3O4. The molecule has 0 fully saturated rings. The number of hydrogen-bond acceptors (Lipinski definition) is 5. The first-order chi connectivity index (χ1) is 13.6. The van der Waals surface area contributed by atoms with Crippen LogP contribution in [0.2, 0.25) is 0 Å². The number of fused-ring (bicyclic) bond motifs is 1. The Hall–Kier alpha value is -4.00. The molecule has 7 nitrogen and oxygen atoms in total. The van der Waals surface area contributed by atoms with Crippen LogP contribution in [-0.2, 0) is 6.54 Å². The van der Waals surface area contributed by atoms with Crippen LogP contribution < -0.4 is 5.32 Å². The van der Waals surface area contributed by atoms with E-state index in [1.54, 1.807) is 0 Å². The standard InChI is InChI=1S/C21H15N3O4/c25-20(15-9-11-17(12-10-15)24(26)27)22-13-14-5-7-16(8-6-14)21-23-18-3-1-2-4-19(18)28-21/h1-12H,13H2,(H,22,25). The van der Waals surface area contributed by atoms with Gasteiger partial charge in [0.05, 0.1) is 4.92 Å². The molecule has 0 aliphatic heterocycles. The largest absolute Gasteiger partial charge is 0.436 e. The van der Waals surface area contributed by atoms with Crippen molar-refractivity contribution in [3.05, 3.63) is 94.0 Å². The number of para-hydroxylation sites is 2. The smallest absolute Gasteiger partial charge is 0.269 e. The lowest BCUT2D eigenvalue weighted by atomic mass is 10.1. The van der Waals surface area contributed by atoms with Crippen LogP contribution in [0.4, 0.5) is 5.69 Å². The Balaban J connectivity index is 1.41. The SMILES string of the molecule is O=C(NCc1ccc(-c2nc3ccccc3o2)cc1)c1ccc([N+](=O)[O-])cc1. The molecule has 0 unspecified atom stereocenters. The molecule has 4 aromatic rings. The van der Waals surface area contributed by atoms with Gasteiger partial charge in [0.15, 0.2) is 5.58 Å². The van der Waals surface area contributed by atoms with Crippen molar-refractivity contribution in [2.24, 2.45) is 0 Å². The highest BCUT2D eigenvalue weighted by molar-refractivity contribution is 5.94. The van der Waals surface area contributed by atoms with Crippen molar-refractivity contribution >= 4 is 22.7 Å². The Morgan fingerprint density at radius 2 is 1.71 bits per heavy atom. The number of non-ortho nitro benzene ring substituents is 1. The maximum atomic E-state index is 12.2. The number of nitrogens with one attached hydrogen (secondary N) is 1. The highest BCUT2D eigenvalue weighted by Crippen LogP contribution is 2.24. The lowest BCUT2D eigenvalue weighted by Crippen LogP contribution is -2.22. The Bertz CT molecular complexity index is 1120. The van der Waals surface area contributed by atoms with Gasteiger partial charge < -0.3 is 9.73 Å². The van der Waals surface area contributed by atoms with Gasteiger partial charge in [-0.05, 0) is 42.0 Å². The lowest BCUT2D eigenvalue weighted by Gasteiger charge is -2.06. The number of rotatable bonds is 5. The van der Waals surface area contributed by atoms with Crippen LogP contribution in [0.25, 0.3) is 22.6 Å². The third-order valence-corrected chi connectivity index (χ3v) is 4.29. The number of carbonyl (C=O) groups excluding carboxylic acids is 1. The first-order valence-corrected chi connectivity index (χ1v) is 8.58. The fraction of sp³-hybridized carbons (Fsp3) is 0.0476. The Labute approximate surface area is 159 Å². The summed E-state index contributed by atoms with van der Waals surface area (Å²) in [7, 11) is 0. The predicted molar refractivity (Wildman–Crippen MR) is 104 cm³/mol. The molecule has 0 saturated carbocycles. The summed E-state index contributed by atoms with van der Waals surface area (Å²) in [6.07, 6.45) is 0. The fourth-order valence-electron chi connectivity index (χ4n) is 2.78. The van der Waals surface area contributed by atoms with Crippen molar-refractivity contribution < 1.29 is 14.1 Å². The minimum absolute atomic E-state index is 0.0497. The maximum absolute atomic E-state index is 12.2. The molecule has 4 rings (SSSR count). The minimum atomic E-state index is -0.500. The van der Waals surface area contributed by atoms with Gasteiger partial charge in [0.1, 0.15) is 5.52 Å². The molecule has 1 heterocycles. The number of aromatic nitrogens is 1. The van der Waals surface area contributed by atoms with Crippen LogP contribution in [0.1, 0.15) is 15.9 Å². The van der Waals surface area contributed by atoms with Gasteiger partial charge in [-0.15, -0.1) is 0 Å². The third kappa shape index (κ3) is 3.59. The Morgan fingerprint density at radius 3 is 2.39 bits per heavy atom. The second-order valence-corrected chi connectivity index (χ2v) is 6.17. The summed E-state index contributed by atoms with van der Waals surface area (Å²) in [4.78, 5) is 26.8. The van der Waals surface area contributed by atoms with E-state index in [9.17, 15) is 14.9 Å². The summed E-state index contributed by atoms with van der Waals surface area (Å²) >= 11 is 0. The summed E-state index contributed by atoms with van der Waals surface area (Å²) in [5.41, 5.74) is 3.62. The zero-order valence-corrected chi connectivity index (χ0v) is 14.7. The number of amides is 1. The summed E-state index contributed by atoms with van der Waals surface area (Å²) in [6.45, 7) is 0.337. The van der Waals surface area contributed by atoms with Crippen LogP contribution >= 0.6 is 0 Å². The molecule has 3 aromatic carbocycles. The molecule has 1 amide bonds. The molecular weight excluding hydrogens is 358 g/mol. The highest BCUT2D eigenvalue weighted by Gasteiger charge is 2.10. The molecule has 1 aromatic heterocycles. The fourth-order valence-corrected chi connectivity index (χ4v) is 2.78. The van der Waals surface area contributed by atoms with E-state index in [4.69, 9.17) is 4.42 Å². The second kappa shape index (κ2) is 7.32. The molecule has 138 valence electrons. The van der Waals surface area contributed by atoms with Gasteiger partial charge in [-0.1, -0.05) is 24.3 Å². The quantitative estimate of drug-likeness (QED) is 0.415. The topological polar surface area (TPSA) is 98.3 Å². The van der Waals surface area contributed by atoms with E-state index in [0.717, 1.165) is 22.2 Å². The average Bonchev–Trinajstić information content (AvgIpc) is 3.16. The number of nitrogens with zero attached hydrogens (tertiary/aromatic N) is 2. The molecule has 1 N–H and O–H groups in total. The Kier molecular flexibility index (Phi) is 4.55. The number of hydrogen-bond donors (Lipinski definition) is 1. The van der Waals surface area contributed by atoms with Gasteiger partial charge in [-0.2, -0.15) is 0 Å². The number of carbonyl (C=O) groups is 1. The summed E-state index contributed by atoms with van der Waals surface area (Å²) in [5, 5.41) is 13.5. The first-order valence-electron chi connectivity index (χ1n) is 8.58. The van der Waals surface area contributed by atoms with Crippen LogP contribution in [0.15, 0.2) is 77.2 Å². The third-order valence-electron chi connectivity index (χ3n) is 4.29. The van der Waals surface area contributed by atoms with Crippen molar-refractivity contribution in [2.45, 2.75) is 6.54 Å². The van der Waals surface area contributed by atoms with E-state index in [0.29, 0.717) is 18.0 Å². The number of oxazole rings is 1. The van der Waals surface area contributed by atoms with E-state index < -0.39 is 4.92 Å². The summed E-state index contributed by atoms with van der Waals surface area (Å²) < 4.78 is 5.75. The van der Waals surface area contributed by atoms with Gasteiger partial charge in [-0.3, -0.25) is 14.9 Å². The van der Waals surface area contributed by atoms with Crippen molar-refractivity contribution in [1.29, 1.82) is 0 Å². The molecule has 0 atom stereocenters. The number of nitro groups is 1. The van der Waals surface area contributed by atoms with Gasteiger partial charge >= 0.3 is 0 Å².